The van der Waals surface area contributed by atoms with E-state index in [9.17, 15) is 9.59 Å². The van der Waals surface area contributed by atoms with Gasteiger partial charge in [0.2, 0.25) is 11.8 Å². The average Bonchev–Trinajstić information content (AvgIpc) is 2.34. The predicted octanol–water partition coefficient (Wildman–Crippen LogP) is 0.454. The Kier molecular flexibility index (Phi) is 3.85. The number of nitrogens with one attached hydrogen (secondary N) is 1. The summed E-state index contributed by atoms with van der Waals surface area (Å²) in [4.78, 5) is 28.5. The lowest BCUT2D eigenvalue weighted by Crippen LogP contribution is -2.68. The molecule has 5 nitrogen and oxygen atoms in total. The zero-order valence-corrected chi connectivity index (χ0v) is 12.4. The van der Waals surface area contributed by atoms with Gasteiger partial charge < -0.3 is 15.1 Å². The number of nitrogens with zero attached hydrogens (tertiary/aromatic N) is 2. The van der Waals surface area contributed by atoms with E-state index in [0.717, 1.165) is 25.9 Å². The van der Waals surface area contributed by atoms with Crippen LogP contribution < -0.4 is 5.32 Å². The minimum atomic E-state index is -0.769. The van der Waals surface area contributed by atoms with Crippen LogP contribution in [0.3, 0.4) is 0 Å². The molecule has 2 rings (SSSR count). The number of likely N-dealkylation sites (tertiary alicyclic amines) is 1. The Morgan fingerprint density at radius 1 is 1.26 bits per heavy atom. The molecule has 2 aliphatic rings. The lowest BCUT2D eigenvalue weighted by molar-refractivity contribution is -0.153. The Hall–Kier alpha value is -1.10. The molecule has 1 unspecified atom stereocenters. The summed E-state index contributed by atoms with van der Waals surface area (Å²) >= 11 is 0. The standard InChI is InChI=1S/C14H25N3O2/c1-10-12(18)15-14(2,3)13(19)17(10)9-11-5-7-16(4)8-6-11/h10-11H,5-9H2,1-4H3,(H,15,18). The largest absolute Gasteiger partial charge is 0.340 e. The summed E-state index contributed by atoms with van der Waals surface area (Å²) in [5, 5.41) is 2.79. The van der Waals surface area contributed by atoms with Crippen molar-refractivity contribution in [3.05, 3.63) is 0 Å². The second-order valence-electron chi connectivity index (χ2n) is 6.49. The first-order valence-electron chi connectivity index (χ1n) is 7.13. The molecule has 2 heterocycles. The third-order valence-corrected chi connectivity index (χ3v) is 4.37. The van der Waals surface area contributed by atoms with Crippen molar-refractivity contribution in [2.24, 2.45) is 5.92 Å². The van der Waals surface area contributed by atoms with Gasteiger partial charge in [0.05, 0.1) is 0 Å². The second-order valence-corrected chi connectivity index (χ2v) is 6.49. The third-order valence-electron chi connectivity index (χ3n) is 4.37. The molecule has 0 aromatic rings. The molecule has 0 radical (unpaired) electrons. The molecule has 2 amide bonds. The van der Waals surface area contributed by atoms with Crippen molar-refractivity contribution in [3.8, 4) is 0 Å². The smallest absolute Gasteiger partial charge is 0.248 e. The highest BCUT2D eigenvalue weighted by Gasteiger charge is 2.43. The summed E-state index contributed by atoms with van der Waals surface area (Å²) in [5.74, 6) is 0.514. The third kappa shape index (κ3) is 2.91. The molecule has 19 heavy (non-hydrogen) atoms. The fourth-order valence-electron chi connectivity index (χ4n) is 2.91. The molecule has 0 aromatic heterocycles. The monoisotopic (exact) mass is 267 g/mol. The summed E-state index contributed by atoms with van der Waals surface area (Å²) in [7, 11) is 2.13. The van der Waals surface area contributed by atoms with Gasteiger partial charge in [-0.3, -0.25) is 9.59 Å². The zero-order valence-electron chi connectivity index (χ0n) is 12.4. The maximum absolute atomic E-state index is 12.4. The quantitative estimate of drug-likeness (QED) is 0.790. The lowest BCUT2D eigenvalue weighted by Gasteiger charge is -2.43. The van der Waals surface area contributed by atoms with Gasteiger partial charge in [-0.2, -0.15) is 0 Å². The van der Waals surface area contributed by atoms with E-state index in [1.54, 1.807) is 18.7 Å². The van der Waals surface area contributed by atoms with E-state index in [0.29, 0.717) is 12.5 Å². The first-order valence-corrected chi connectivity index (χ1v) is 7.13. The van der Waals surface area contributed by atoms with Crippen LogP contribution in [0.25, 0.3) is 0 Å². The Bertz CT molecular complexity index is 373. The fraction of sp³-hybridized carbons (Fsp3) is 0.857. The first-order chi connectivity index (χ1) is 8.81. The minimum Gasteiger partial charge on any atom is -0.340 e. The molecule has 0 saturated carbocycles. The van der Waals surface area contributed by atoms with Crippen LogP contribution in [-0.2, 0) is 9.59 Å². The number of piperazine rings is 1. The molecule has 5 heteroatoms. The Balaban J connectivity index is 2.04. The second kappa shape index (κ2) is 5.12. The highest BCUT2D eigenvalue weighted by atomic mass is 16.2. The number of hydrogen-bond acceptors (Lipinski definition) is 3. The van der Waals surface area contributed by atoms with Crippen LogP contribution in [-0.4, -0.2) is 59.9 Å². The van der Waals surface area contributed by atoms with Gasteiger partial charge in [0, 0.05) is 6.54 Å². The molecule has 0 aliphatic carbocycles. The van der Waals surface area contributed by atoms with Gasteiger partial charge in [0.25, 0.3) is 0 Å². The number of amides is 2. The summed E-state index contributed by atoms with van der Waals surface area (Å²) in [6.07, 6.45) is 2.21. The number of piperidine rings is 1. The molecule has 108 valence electrons. The van der Waals surface area contributed by atoms with E-state index >= 15 is 0 Å². The van der Waals surface area contributed by atoms with Crippen molar-refractivity contribution >= 4 is 11.8 Å². The number of rotatable bonds is 2. The number of hydrogen-bond donors (Lipinski definition) is 1. The molecule has 1 atom stereocenters. The van der Waals surface area contributed by atoms with Crippen LogP contribution in [0.2, 0.25) is 0 Å². The molecule has 2 fully saturated rings. The predicted molar refractivity (Wildman–Crippen MR) is 73.6 cm³/mol. The highest BCUT2D eigenvalue weighted by molar-refractivity contribution is 5.99. The number of carbonyl (C=O) groups is 2. The number of carbonyl (C=O) groups excluding carboxylic acids is 2. The summed E-state index contributed by atoms with van der Waals surface area (Å²) in [6, 6.07) is -0.347. The average molecular weight is 267 g/mol. The minimum absolute atomic E-state index is 0.0403. The topological polar surface area (TPSA) is 52.7 Å². The Morgan fingerprint density at radius 3 is 2.42 bits per heavy atom. The summed E-state index contributed by atoms with van der Waals surface area (Å²) in [5.41, 5.74) is -0.769. The Labute approximate surface area is 115 Å². The van der Waals surface area contributed by atoms with Crippen molar-refractivity contribution < 1.29 is 9.59 Å². The molecule has 2 aliphatic heterocycles. The lowest BCUT2D eigenvalue weighted by atomic mass is 9.92. The van der Waals surface area contributed by atoms with E-state index in [1.807, 2.05) is 6.92 Å². The van der Waals surface area contributed by atoms with Gasteiger partial charge in [-0.1, -0.05) is 0 Å². The molecule has 0 spiro atoms. The van der Waals surface area contributed by atoms with Crippen LogP contribution in [0.5, 0.6) is 0 Å². The molecule has 2 saturated heterocycles. The molecule has 1 N–H and O–H groups in total. The van der Waals surface area contributed by atoms with Crippen LogP contribution in [0.4, 0.5) is 0 Å². The van der Waals surface area contributed by atoms with Crippen molar-refractivity contribution in [1.29, 1.82) is 0 Å². The summed E-state index contributed by atoms with van der Waals surface area (Å²) in [6.45, 7) is 8.25. The van der Waals surface area contributed by atoms with E-state index in [4.69, 9.17) is 0 Å². The van der Waals surface area contributed by atoms with Crippen LogP contribution in [0.1, 0.15) is 33.6 Å². The van der Waals surface area contributed by atoms with Gasteiger partial charge in [0.1, 0.15) is 11.6 Å². The van der Waals surface area contributed by atoms with E-state index < -0.39 is 5.54 Å². The molecular formula is C14H25N3O2. The molecule has 0 aromatic carbocycles. The zero-order chi connectivity index (χ0) is 14.2. The van der Waals surface area contributed by atoms with Crippen LogP contribution >= 0.6 is 0 Å². The van der Waals surface area contributed by atoms with Gasteiger partial charge in [-0.15, -0.1) is 0 Å². The highest BCUT2D eigenvalue weighted by Crippen LogP contribution is 2.23. The van der Waals surface area contributed by atoms with Gasteiger partial charge in [0.15, 0.2) is 0 Å². The SMILES string of the molecule is CC1C(=O)NC(C)(C)C(=O)N1CC1CCN(C)CC1. The maximum Gasteiger partial charge on any atom is 0.248 e. The van der Waals surface area contributed by atoms with Crippen molar-refractivity contribution in [2.75, 3.05) is 26.7 Å². The molecule has 0 bridgehead atoms. The van der Waals surface area contributed by atoms with Gasteiger partial charge in [-0.25, -0.2) is 0 Å². The van der Waals surface area contributed by atoms with Crippen LogP contribution in [0, 0.1) is 5.92 Å². The Morgan fingerprint density at radius 2 is 1.84 bits per heavy atom. The van der Waals surface area contributed by atoms with Crippen LogP contribution in [0.15, 0.2) is 0 Å². The van der Waals surface area contributed by atoms with Crippen molar-refractivity contribution in [2.45, 2.75) is 45.2 Å². The summed E-state index contributed by atoms with van der Waals surface area (Å²) < 4.78 is 0. The van der Waals surface area contributed by atoms with E-state index in [2.05, 4.69) is 17.3 Å². The molecular weight excluding hydrogens is 242 g/mol. The fourth-order valence-corrected chi connectivity index (χ4v) is 2.91. The van der Waals surface area contributed by atoms with Gasteiger partial charge >= 0.3 is 0 Å². The maximum atomic E-state index is 12.4. The first kappa shape index (κ1) is 14.3. The van der Waals surface area contributed by atoms with E-state index in [-0.39, 0.29) is 17.9 Å². The van der Waals surface area contributed by atoms with Gasteiger partial charge in [-0.05, 0) is 59.7 Å². The van der Waals surface area contributed by atoms with Crippen molar-refractivity contribution in [1.82, 2.24) is 15.1 Å². The van der Waals surface area contributed by atoms with Crippen molar-refractivity contribution in [3.63, 3.8) is 0 Å². The normalized spacial score (nSPS) is 29.5. The van der Waals surface area contributed by atoms with E-state index in [1.165, 1.54) is 0 Å².